The van der Waals surface area contributed by atoms with E-state index in [1.54, 1.807) is 13.0 Å². The summed E-state index contributed by atoms with van der Waals surface area (Å²) in [4.78, 5) is 35.7. The topological polar surface area (TPSA) is 90.9 Å². The highest BCUT2D eigenvalue weighted by molar-refractivity contribution is 5.98. The van der Waals surface area contributed by atoms with E-state index < -0.39 is 17.5 Å². The molecule has 0 unspecified atom stereocenters. The van der Waals surface area contributed by atoms with Crippen molar-refractivity contribution in [2.45, 2.75) is 46.3 Å². The molecular formula is C27H33NO6. The number of carbonyl (C=O) groups is 3. The Morgan fingerprint density at radius 2 is 1.68 bits per heavy atom. The van der Waals surface area contributed by atoms with E-state index in [0.717, 1.165) is 22.3 Å². The molecule has 0 aliphatic rings. The second-order valence-electron chi connectivity index (χ2n) is 8.66. The molecule has 0 aliphatic carbocycles. The SMILES string of the molecule is CCOC(=O)C/C(=C\c1ccc(-c2cccc(CNCC(=O)OC(C)(C)C)c2)cc1)C(=O)OC. The van der Waals surface area contributed by atoms with Crippen molar-refractivity contribution in [1.29, 1.82) is 0 Å². The van der Waals surface area contributed by atoms with Crippen LogP contribution < -0.4 is 5.32 Å². The summed E-state index contributed by atoms with van der Waals surface area (Å²) in [6.07, 6.45) is 1.48. The molecule has 0 heterocycles. The molecule has 2 aromatic rings. The smallest absolute Gasteiger partial charge is 0.334 e. The molecular weight excluding hydrogens is 434 g/mol. The van der Waals surface area contributed by atoms with E-state index >= 15 is 0 Å². The Kier molecular flexibility index (Phi) is 10.0. The molecule has 0 spiro atoms. The number of hydrogen-bond acceptors (Lipinski definition) is 7. The van der Waals surface area contributed by atoms with Gasteiger partial charge in [0.05, 0.1) is 26.7 Å². The lowest BCUT2D eigenvalue weighted by atomic mass is 10.0. The van der Waals surface area contributed by atoms with E-state index in [2.05, 4.69) is 5.32 Å². The minimum absolute atomic E-state index is 0.136. The summed E-state index contributed by atoms with van der Waals surface area (Å²) in [7, 11) is 1.28. The van der Waals surface area contributed by atoms with Crippen LogP contribution in [0.2, 0.25) is 0 Å². The number of esters is 3. The fraction of sp³-hybridized carbons (Fsp3) is 0.370. The molecule has 0 radical (unpaired) electrons. The Morgan fingerprint density at radius 1 is 0.971 bits per heavy atom. The molecule has 7 nitrogen and oxygen atoms in total. The summed E-state index contributed by atoms with van der Waals surface area (Å²) < 4.78 is 15.0. The maximum absolute atomic E-state index is 12.0. The zero-order valence-electron chi connectivity index (χ0n) is 20.5. The van der Waals surface area contributed by atoms with Crippen molar-refractivity contribution in [1.82, 2.24) is 5.32 Å². The average Bonchev–Trinajstić information content (AvgIpc) is 2.78. The minimum atomic E-state index is -0.566. The highest BCUT2D eigenvalue weighted by atomic mass is 16.6. The molecule has 2 aromatic carbocycles. The lowest BCUT2D eigenvalue weighted by molar-refractivity contribution is -0.153. The van der Waals surface area contributed by atoms with Gasteiger partial charge in [0.2, 0.25) is 0 Å². The summed E-state index contributed by atoms with van der Waals surface area (Å²) in [6, 6.07) is 15.6. The average molecular weight is 468 g/mol. The third kappa shape index (κ3) is 9.19. The van der Waals surface area contributed by atoms with Crippen molar-refractivity contribution < 1.29 is 28.6 Å². The molecule has 0 aromatic heterocycles. The van der Waals surface area contributed by atoms with E-state index in [-0.39, 0.29) is 31.1 Å². The number of rotatable bonds is 10. The van der Waals surface area contributed by atoms with E-state index in [9.17, 15) is 14.4 Å². The molecule has 2 rings (SSSR count). The van der Waals surface area contributed by atoms with Crippen molar-refractivity contribution in [3.05, 3.63) is 65.2 Å². The van der Waals surface area contributed by atoms with Crippen LogP contribution in [-0.4, -0.2) is 43.8 Å². The maximum atomic E-state index is 12.0. The minimum Gasteiger partial charge on any atom is -0.466 e. The van der Waals surface area contributed by atoms with E-state index in [0.29, 0.717) is 6.54 Å². The summed E-state index contributed by atoms with van der Waals surface area (Å²) in [5.41, 5.74) is 3.54. The molecule has 0 amide bonds. The first-order valence-corrected chi connectivity index (χ1v) is 11.2. The molecule has 0 aliphatic heterocycles. The molecule has 34 heavy (non-hydrogen) atoms. The van der Waals surface area contributed by atoms with Crippen molar-refractivity contribution in [2.75, 3.05) is 20.3 Å². The van der Waals surface area contributed by atoms with Crippen LogP contribution in [0.4, 0.5) is 0 Å². The predicted octanol–water partition coefficient (Wildman–Crippen LogP) is 4.29. The Bertz CT molecular complexity index is 1020. The van der Waals surface area contributed by atoms with Crippen LogP contribution >= 0.6 is 0 Å². The van der Waals surface area contributed by atoms with E-state index in [4.69, 9.17) is 14.2 Å². The zero-order valence-corrected chi connectivity index (χ0v) is 20.5. The highest BCUT2D eigenvalue weighted by Crippen LogP contribution is 2.22. The van der Waals surface area contributed by atoms with Crippen LogP contribution in [0.1, 0.15) is 45.2 Å². The second kappa shape index (κ2) is 12.7. The molecule has 0 saturated heterocycles. The molecule has 0 saturated carbocycles. The Labute approximate surface area is 201 Å². The quantitative estimate of drug-likeness (QED) is 0.317. The normalized spacial score (nSPS) is 11.6. The molecule has 1 N–H and O–H groups in total. The van der Waals surface area contributed by atoms with Crippen LogP contribution in [0.25, 0.3) is 17.2 Å². The van der Waals surface area contributed by atoms with Gasteiger partial charge in [-0.1, -0.05) is 42.5 Å². The molecule has 0 fully saturated rings. The number of methoxy groups -OCH3 is 1. The molecule has 0 bridgehead atoms. The summed E-state index contributed by atoms with van der Waals surface area (Å²) in [5, 5.41) is 3.11. The first-order valence-electron chi connectivity index (χ1n) is 11.2. The van der Waals surface area contributed by atoms with Gasteiger partial charge < -0.3 is 19.5 Å². The first-order chi connectivity index (χ1) is 16.1. The van der Waals surface area contributed by atoms with Crippen LogP contribution in [0.15, 0.2) is 54.1 Å². The van der Waals surface area contributed by atoms with Gasteiger partial charge in [0.15, 0.2) is 0 Å². The van der Waals surface area contributed by atoms with Gasteiger partial charge in [-0.15, -0.1) is 0 Å². The van der Waals surface area contributed by atoms with Gasteiger partial charge in [-0.3, -0.25) is 9.59 Å². The van der Waals surface area contributed by atoms with Gasteiger partial charge in [-0.2, -0.15) is 0 Å². The number of nitrogens with one attached hydrogen (secondary N) is 1. The van der Waals surface area contributed by atoms with Crippen molar-refractivity contribution in [2.24, 2.45) is 0 Å². The van der Waals surface area contributed by atoms with Gasteiger partial charge in [-0.05, 0) is 62.1 Å². The van der Waals surface area contributed by atoms with Crippen LogP contribution in [0, 0.1) is 0 Å². The largest absolute Gasteiger partial charge is 0.466 e. The lowest BCUT2D eigenvalue weighted by Gasteiger charge is -2.19. The molecule has 7 heteroatoms. The van der Waals surface area contributed by atoms with Crippen molar-refractivity contribution in [3.8, 4) is 11.1 Å². The summed E-state index contributed by atoms with van der Waals surface area (Å²) in [6.45, 7) is 8.15. The van der Waals surface area contributed by atoms with E-state index in [1.165, 1.54) is 7.11 Å². The Balaban J connectivity index is 2.07. The van der Waals surface area contributed by atoms with Gasteiger partial charge in [-0.25, -0.2) is 4.79 Å². The predicted molar refractivity (Wildman–Crippen MR) is 131 cm³/mol. The standard InChI is InChI=1S/C27H33NO6/c1-6-33-24(29)16-23(26(31)32-5)14-19-10-12-21(13-11-19)22-9-7-8-20(15-22)17-28-18-25(30)34-27(2,3)4/h7-15,28H,6,16-18H2,1-5H3/b23-14+. The first kappa shape index (κ1) is 26.8. The fourth-order valence-electron chi connectivity index (χ4n) is 3.20. The lowest BCUT2D eigenvalue weighted by Crippen LogP contribution is -2.31. The number of hydrogen-bond donors (Lipinski definition) is 1. The Morgan fingerprint density at radius 3 is 2.29 bits per heavy atom. The monoisotopic (exact) mass is 467 g/mol. The third-order valence-electron chi connectivity index (χ3n) is 4.62. The maximum Gasteiger partial charge on any atom is 0.334 e. The van der Waals surface area contributed by atoms with Crippen LogP contribution in [0.3, 0.4) is 0 Å². The van der Waals surface area contributed by atoms with E-state index in [1.807, 2.05) is 69.3 Å². The third-order valence-corrected chi connectivity index (χ3v) is 4.62. The molecule has 182 valence electrons. The van der Waals surface area contributed by atoms with Gasteiger partial charge >= 0.3 is 17.9 Å². The fourth-order valence-corrected chi connectivity index (χ4v) is 3.20. The van der Waals surface area contributed by atoms with Crippen LogP contribution in [-0.2, 0) is 35.1 Å². The van der Waals surface area contributed by atoms with Crippen LogP contribution in [0.5, 0.6) is 0 Å². The number of carbonyl (C=O) groups excluding carboxylic acids is 3. The number of ether oxygens (including phenoxy) is 3. The van der Waals surface area contributed by atoms with Gasteiger partial charge in [0, 0.05) is 12.1 Å². The second-order valence-corrected chi connectivity index (χ2v) is 8.66. The van der Waals surface area contributed by atoms with Gasteiger partial charge in [0.1, 0.15) is 5.60 Å². The summed E-state index contributed by atoms with van der Waals surface area (Å²) >= 11 is 0. The zero-order chi connectivity index (χ0) is 25.1. The highest BCUT2D eigenvalue weighted by Gasteiger charge is 2.16. The molecule has 0 atom stereocenters. The number of benzene rings is 2. The van der Waals surface area contributed by atoms with Gasteiger partial charge in [0.25, 0.3) is 0 Å². The Hall–Kier alpha value is -3.45. The summed E-state index contributed by atoms with van der Waals surface area (Å²) in [5.74, 6) is -1.34. The van der Waals surface area contributed by atoms with Crippen molar-refractivity contribution in [3.63, 3.8) is 0 Å². The van der Waals surface area contributed by atoms with Crippen molar-refractivity contribution >= 4 is 24.0 Å².